The van der Waals surface area contributed by atoms with Crippen LogP contribution in [-0.2, 0) is 283 Å². The summed E-state index contributed by atoms with van der Waals surface area (Å²) in [6, 6.07) is 0. The predicted molar refractivity (Wildman–Crippen MR) is 203 cm³/mol. The van der Waals surface area contributed by atoms with Gasteiger partial charge in [0.1, 0.15) is 0 Å². The first-order chi connectivity index (χ1) is 25.2. The molecule has 0 aliphatic carbocycles. The van der Waals surface area contributed by atoms with Gasteiger partial charge in [0.25, 0.3) is 0 Å². The minimum absolute atomic E-state index is 0. The van der Waals surface area contributed by atoms with Crippen molar-refractivity contribution in [3.05, 3.63) is 91.7 Å². The molecule has 0 aliphatic heterocycles. The number of rotatable bonds is 0. The molecule has 0 atom stereocenters. The summed E-state index contributed by atoms with van der Waals surface area (Å²) in [6.45, 7) is 9.56. The Morgan fingerprint density at radius 2 is 0.203 bits per heavy atom. The number of nitrogens with one attached hydrogen (secondary N) is 16. The minimum Gasteiger partial charge on any atom is -0.671 e. The van der Waals surface area contributed by atoms with Gasteiger partial charge in [-0.1, -0.05) is 0 Å². The van der Waals surface area contributed by atoms with Gasteiger partial charge >= 0.3 is 207 Å². The van der Waals surface area contributed by atoms with Crippen LogP contribution in [-0.4, -0.2) is 98.5 Å². The minimum atomic E-state index is -0.583. The van der Waals surface area contributed by atoms with Crippen molar-refractivity contribution in [3.8, 4) is 0 Å². The Kier molecular flexibility index (Phi) is 603. The van der Waals surface area contributed by atoms with E-state index in [0.717, 1.165) is 0 Å². The Morgan fingerprint density at radius 1 is 0.203 bits per heavy atom. The van der Waals surface area contributed by atoms with Crippen molar-refractivity contribution < 1.29 is 283 Å². The monoisotopic (exact) mass is 2260 g/mol. The Balaban J connectivity index is -0.0000000120. The normalized spacial score (nSPS) is 4.62. The van der Waals surface area contributed by atoms with Crippen LogP contribution in [0.3, 0.4) is 0 Å². The summed E-state index contributed by atoms with van der Waals surface area (Å²) in [4.78, 5) is 141. The van der Waals surface area contributed by atoms with Gasteiger partial charge < -0.3 is 168 Å². The molecule has 0 saturated heterocycles. The second kappa shape index (κ2) is 242. The summed E-state index contributed by atoms with van der Waals surface area (Å²) >= 11 is 0. The molecule has 16 amide bonds. The van der Waals surface area contributed by atoms with E-state index >= 15 is 0 Å². The molecule has 0 heterocycles. The van der Waals surface area contributed by atoms with Crippen molar-refractivity contribution >= 4 is 98.5 Å². The average molecular weight is 2240 g/mol. The van der Waals surface area contributed by atoms with Gasteiger partial charge in [0, 0.05) is 98.5 Å². The molecule has 32 nitrogen and oxygen atoms in total. The zero-order valence-electron chi connectivity index (χ0n) is 35.2. The maximum Gasteiger partial charge on any atom is 4.00 e. The van der Waals surface area contributed by atoms with Gasteiger partial charge in [0.2, 0.25) is 0 Å². The van der Waals surface area contributed by atoms with E-state index in [-0.39, 0.29) is 258 Å². The summed E-state index contributed by atoms with van der Waals surface area (Å²) in [7, 11) is 0. The molecule has 0 aromatic rings. The fourth-order valence-electron chi connectivity index (χ4n) is 0. The molecule has 0 aromatic carbocycles. The van der Waals surface area contributed by atoms with Crippen molar-refractivity contribution in [1.29, 1.82) is 0 Å². The van der Waals surface area contributed by atoms with E-state index in [2.05, 4.69) is 0 Å². The van der Waals surface area contributed by atoms with Gasteiger partial charge in [-0.2, -0.15) is 0 Å². The molecular formula is C24H48Hf8N16O16+16. The first kappa shape index (κ1) is 159. The van der Waals surface area contributed by atoms with E-state index in [9.17, 15) is 0 Å². The molecule has 0 aliphatic rings. The Morgan fingerprint density at radius 3 is 0.203 bits per heavy atom. The van der Waals surface area contributed by atoms with E-state index in [1.54, 1.807) is 0 Å². The van der Waals surface area contributed by atoms with Crippen LogP contribution in [0.4, 0.5) is 0 Å². The topological polar surface area (TPSA) is 654 Å². The summed E-state index contributed by atoms with van der Waals surface area (Å²) in [5, 5.41) is 0. The van der Waals surface area contributed by atoms with Gasteiger partial charge in [-0.15, -0.1) is 0 Å². The predicted octanol–water partition coefficient (Wildman–Crippen LogP) is 6.22. The van der Waals surface area contributed by atoms with Crippen LogP contribution >= 0.6 is 0 Å². The number of carbonyl (C=O) groups excluding carboxylic acids is 16. The molecule has 0 radical (unpaired) electrons. The maximum atomic E-state index is 9.11. The molecule has 0 unspecified atom stereocenters. The number of hydrogen-bond donors (Lipinski definition) is 0. The summed E-state index contributed by atoms with van der Waals surface area (Å²) in [6.07, 6.45) is 0. The zero-order valence-corrected chi connectivity index (χ0v) is 63.9. The Hall–Kier alpha value is -1.52. The summed E-state index contributed by atoms with van der Waals surface area (Å²) < 4.78 is 0. The van der Waals surface area contributed by atoms with Gasteiger partial charge in [0.05, 0.1) is 0 Å². The van der Waals surface area contributed by atoms with Crippen LogP contribution in [0.2, 0.25) is 0 Å². The smallest absolute Gasteiger partial charge is 0.671 e. The average Bonchev–Trinajstić information content (AvgIpc) is 2.90. The molecule has 0 spiro atoms. The molecule has 0 bridgehead atoms. The third kappa shape index (κ3) is 92700. The van der Waals surface area contributed by atoms with E-state index in [1.165, 1.54) is 55.4 Å². The number of carbonyl (C=O) groups is 16. The van der Waals surface area contributed by atoms with Crippen LogP contribution in [0.1, 0.15) is 55.4 Å². The largest absolute Gasteiger partial charge is 4.00 e. The SMILES string of the molecule is CC([NH-])=O.CC([NH-])=O.CC([NH-])=O.CC([NH-])=O.CC([NH-])=O.CC([NH-])=O.CC([NH-])=O.CC([NH-])=O.[Hf+4].[Hf+4].[Hf+4].[Hf+4].[Hf+4].[Hf+4].[Hf+4].[Hf+4].[NH-]C=O.[NH-]C=O.[NH-]C=O.[NH-]C=O.[NH-]C=O.[NH-]C=O.[NH-]C=O.[NH-]C=O. The molecule has 0 fully saturated rings. The van der Waals surface area contributed by atoms with Gasteiger partial charge in [0.15, 0.2) is 0 Å². The number of amides is 16. The van der Waals surface area contributed by atoms with Crippen molar-refractivity contribution in [1.82, 2.24) is 0 Å². The van der Waals surface area contributed by atoms with E-state index < -0.39 is 47.3 Å². The fraction of sp³-hybridized carbons (Fsp3) is 0.333. The number of hydrogen-bond acceptors (Lipinski definition) is 16. The van der Waals surface area contributed by atoms with Crippen molar-refractivity contribution in [2.45, 2.75) is 55.4 Å². The fourth-order valence-corrected chi connectivity index (χ4v) is 0. The third-order valence-corrected chi connectivity index (χ3v) is 0. The van der Waals surface area contributed by atoms with Gasteiger partial charge in [-0.25, -0.2) is 0 Å². The van der Waals surface area contributed by atoms with Crippen LogP contribution in [0.25, 0.3) is 91.7 Å². The van der Waals surface area contributed by atoms with E-state index in [4.69, 9.17) is 168 Å². The molecule has 336 valence electrons. The van der Waals surface area contributed by atoms with Crippen molar-refractivity contribution in [3.63, 3.8) is 0 Å². The first-order valence-corrected chi connectivity index (χ1v) is 11.8. The van der Waals surface area contributed by atoms with Gasteiger partial charge in [-0.3, -0.25) is 0 Å². The molecule has 0 aromatic heterocycles. The molecule has 16 N–H and O–H groups in total. The van der Waals surface area contributed by atoms with Crippen molar-refractivity contribution in [2.75, 3.05) is 0 Å². The molecule has 0 rings (SSSR count). The van der Waals surface area contributed by atoms with E-state index in [1.807, 2.05) is 0 Å². The van der Waals surface area contributed by atoms with Crippen molar-refractivity contribution in [2.24, 2.45) is 0 Å². The molecular weight excluding hydrogens is 2200 g/mol. The second-order valence-corrected chi connectivity index (χ2v) is 5.39. The molecule has 0 saturated carbocycles. The van der Waals surface area contributed by atoms with Crippen LogP contribution in [0.5, 0.6) is 0 Å². The Labute approximate surface area is 522 Å². The Bertz CT molecular complexity index is 714. The zero-order chi connectivity index (χ0) is 50.3. The maximum absolute atomic E-state index is 9.11. The van der Waals surface area contributed by atoms with Crippen LogP contribution < -0.4 is 0 Å². The molecule has 64 heavy (non-hydrogen) atoms. The first-order valence-electron chi connectivity index (χ1n) is 11.8. The summed E-state index contributed by atoms with van der Waals surface area (Å²) in [5.74, 6) is -4.67. The summed E-state index contributed by atoms with van der Waals surface area (Å²) in [5.41, 5.74) is 91.8. The van der Waals surface area contributed by atoms with E-state index in [0.29, 0.717) is 0 Å². The molecule has 40 heteroatoms. The van der Waals surface area contributed by atoms with Crippen LogP contribution in [0.15, 0.2) is 0 Å². The quantitative estimate of drug-likeness (QED) is 0.192. The second-order valence-electron chi connectivity index (χ2n) is 5.39. The standard InChI is InChI=1S/8C2H5NO.8CH3NO.8Hf/c8*1-2(3)4;8*2-1-3;;;;;;;;/h8*1H3,(H2,3,4);8*1H,(H2,2,3);;;;;;;;/q;;;;;;;;;;;;;;;;8*+4/p-16. The van der Waals surface area contributed by atoms with Crippen LogP contribution in [0, 0.1) is 0 Å². The third-order valence-electron chi connectivity index (χ3n) is 0. The van der Waals surface area contributed by atoms with Gasteiger partial charge in [-0.05, 0) is 55.4 Å².